The Morgan fingerprint density at radius 2 is 1.75 bits per heavy atom. The summed E-state index contributed by atoms with van der Waals surface area (Å²) in [4.78, 5) is 20.8. The molecule has 7 nitrogen and oxygen atoms in total. The van der Waals surface area contributed by atoms with Crippen LogP contribution >= 0.6 is 11.6 Å². The molecule has 2 aromatic carbocycles. The van der Waals surface area contributed by atoms with E-state index in [1.165, 1.54) is 19.5 Å². The van der Waals surface area contributed by atoms with E-state index in [9.17, 15) is 4.79 Å². The molecule has 0 saturated carbocycles. The minimum atomic E-state index is -0.359. The molecular formula is C20H19ClN4O3. The Morgan fingerprint density at radius 1 is 1.04 bits per heavy atom. The van der Waals surface area contributed by atoms with Crippen LogP contribution < -0.4 is 20.1 Å². The molecule has 0 spiro atoms. The Kier molecular flexibility index (Phi) is 6.29. The molecule has 1 heterocycles. The summed E-state index contributed by atoms with van der Waals surface area (Å²) in [5, 5.41) is 6.34. The average Bonchev–Trinajstić information content (AvgIpc) is 2.73. The van der Waals surface area contributed by atoms with E-state index >= 15 is 0 Å². The van der Waals surface area contributed by atoms with Crippen molar-refractivity contribution in [3.63, 3.8) is 0 Å². The molecule has 0 bridgehead atoms. The second-order valence-electron chi connectivity index (χ2n) is 5.80. The first-order chi connectivity index (χ1) is 13.6. The average molecular weight is 399 g/mol. The van der Waals surface area contributed by atoms with Crippen molar-refractivity contribution >= 4 is 29.1 Å². The Labute approximate surface area is 167 Å². The number of amides is 1. The van der Waals surface area contributed by atoms with Crippen molar-refractivity contribution in [1.82, 2.24) is 9.97 Å². The van der Waals surface area contributed by atoms with Gasteiger partial charge >= 0.3 is 0 Å². The number of carbonyl (C=O) groups is 1. The minimum absolute atomic E-state index is 0.317. The van der Waals surface area contributed by atoms with E-state index in [-0.39, 0.29) is 5.91 Å². The van der Waals surface area contributed by atoms with Crippen LogP contribution in [0.15, 0.2) is 54.9 Å². The van der Waals surface area contributed by atoms with Gasteiger partial charge in [0.1, 0.15) is 11.5 Å². The lowest BCUT2D eigenvalue weighted by Gasteiger charge is -2.10. The molecule has 0 aliphatic heterocycles. The highest BCUT2D eigenvalue weighted by molar-refractivity contribution is 6.31. The summed E-state index contributed by atoms with van der Waals surface area (Å²) in [6.07, 6.45) is 2.91. The quantitative estimate of drug-likeness (QED) is 0.625. The molecule has 1 aromatic heterocycles. The molecule has 28 heavy (non-hydrogen) atoms. The Hall–Kier alpha value is -3.32. The number of nitrogens with zero attached hydrogens (tertiary/aromatic N) is 2. The number of benzene rings is 2. The van der Waals surface area contributed by atoms with Gasteiger partial charge in [-0.3, -0.25) is 4.79 Å². The zero-order chi connectivity index (χ0) is 19.9. The van der Waals surface area contributed by atoms with E-state index in [1.54, 1.807) is 25.3 Å². The fourth-order valence-electron chi connectivity index (χ4n) is 2.43. The minimum Gasteiger partial charge on any atom is -0.497 e. The highest BCUT2D eigenvalue weighted by atomic mass is 35.5. The second kappa shape index (κ2) is 9.05. The predicted molar refractivity (Wildman–Crippen MR) is 108 cm³/mol. The van der Waals surface area contributed by atoms with E-state index in [1.807, 2.05) is 24.3 Å². The summed E-state index contributed by atoms with van der Waals surface area (Å²) in [5.41, 5.74) is 1.85. The number of methoxy groups -OCH3 is 2. The highest BCUT2D eigenvalue weighted by Crippen LogP contribution is 2.28. The topological polar surface area (TPSA) is 85.4 Å². The van der Waals surface area contributed by atoms with Gasteiger partial charge in [0.2, 0.25) is 5.95 Å². The number of nitrogens with one attached hydrogen (secondary N) is 2. The van der Waals surface area contributed by atoms with Gasteiger partial charge in [-0.1, -0.05) is 23.7 Å². The van der Waals surface area contributed by atoms with E-state index in [2.05, 4.69) is 20.6 Å². The van der Waals surface area contributed by atoms with E-state index < -0.39 is 0 Å². The van der Waals surface area contributed by atoms with Crippen LogP contribution in [0.1, 0.15) is 15.9 Å². The van der Waals surface area contributed by atoms with Crippen molar-refractivity contribution in [2.24, 2.45) is 0 Å². The lowest BCUT2D eigenvalue weighted by Crippen LogP contribution is -2.14. The van der Waals surface area contributed by atoms with E-state index in [0.29, 0.717) is 34.5 Å². The van der Waals surface area contributed by atoms with Crippen molar-refractivity contribution in [3.8, 4) is 11.5 Å². The summed E-state index contributed by atoms with van der Waals surface area (Å²) < 4.78 is 10.4. The number of hydrogen-bond acceptors (Lipinski definition) is 6. The molecule has 8 heteroatoms. The van der Waals surface area contributed by atoms with Gasteiger partial charge in [-0.25, -0.2) is 9.97 Å². The first-order valence-electron chi connectivity index (χ1n) is 8.43. The third-order valence-electron chi connectivity index (χ3n) is 3.93. The van der Waals surface area contributed by atoms with Crippen LogP contribution in [0.4, 0.5) is 11.6 Å². The zero-order valence-electron chi connectivity index (χ0n) is 15.4. The van der Waals surface area contributed by atoms with Crippen LogP contribution in [0, 0.1) is 0 Å². The Bertz CT molecular complexity index is 947. The van der Waals surface area contributed by atoms with Gasteiger partial charge in [-0.05, 0) is 35.9 Å². The summed E-state index contributed by atoms with van der Waals surface area (Å²) >= 11 is 5.98. The van der Waals surface area contributed by atoms with Crippen LogP contribution in [0.5, 0.6) is 11.5 Å². The number of ether oxygens (including phenoxy) is 2. The molecule has 3 aromatic rings. The molecular weight excluding hydrogens is 380 g/mol. The van der Waals surface area contributed by atoms with E-state index in [0.717, 1.165) is 11.3 Å². The third kappa shape index (κ3) is 4.89. The Balaban J connectivity index is 1.61. The molecule has 0 aliphatic rings. The molecule has 0 fully saturated rings. The van der Waals surface area contributed by atoms with Crippen LogP contribution in [0.25, 0.3) is 0 Å². The molecule has 0 saturated heterocycles. The number of hydrogen-bond donors (Lipinski definition) is 2. The van der Waals surface area contributed by atoms with Gasteiger partial charge in [0.25, 0.3) is 5.91 Å². The monoisotopic (exact) mass is 398 g/mol. The van der Waals surface area contributed by atoms with Gasteiger partial charge in [0.15, 0.2) is 0 Å². The summed E-state index contributed by atoms with van der Waals surface area (Å²) in [5.74, 6) is 1.37. The maximum absolute atomic E-state index is 12.4. The van der Waals surface area contributed by atoms with Crippen LogP contribution in [0.2, 0.25) is 5.02 Å². The van der Waals surface area contributed by atoms with Crippen molar-refractivity contribution in [3.05, 3.63) is 71.0 Å². The van der Waals surface area contributed by atoms with Crippen LogP contribution in [-0.4, -0.2) is 30.1 Å². The smallest absolute Gasteiger partial charge is 0.258 e. The fraction of sp³-hybridized carbons (Fsp3) is 0.150. The summed E-state index contributed by atoms with van der Waals surface area (Å²) in [6.45, 7) is 0.551. The molecule has 1 amide bonds. The van der Waals surface area contributed by atoms with Crippen LogP contribution in [0.3, 0.4) is 0 Å². The molecule has 0 unspecified atom stereocenters. The lowest BCUT2D eigenvalue weighted by atomic mass is 10.2. The standard InChI is InChI=1S/C20H19ClN4O3/c1-27-16-6-3-13(4-7-16)10-22-20-23-11-14(12-24-20)19(26)25-17-9-15(21)5-8-18(17)28-2/h3-9,11-12H,10H2,1-2H3,(H,25,26)(H,22,23,24). The maximum Gasteiger partial charge on any atom is 0.258 e. The van der Waals surface area contributed by atoms with Crippen molar-refractivity contribution in [2.75, 3.05) is 24.9 Å². The molecule has 144 valence electrons. The van der Waals surface area contributed by atoms with Gasteiger partial charge in [0, 0.05) is 24.0 Å². The number of halogens is 1. The normalized spacial score (nSPS) is 10.2. The fourth-order valence-corrected chi connectivity index (χ4v) is 2.61. The predicted octanol–water partition coefficient (Wildman–Crippen LogP) is 4.01. The number of carbonyl (C=O) groups excluding carboxylic acids is 1. The SMILES string of the molecule is COc1ccc(CNc2ncc(C(=O)Nc3cc(Cl)ccc3OC)cn2)cc1. The van der Waals surface area contributed by atoms with Crippen LogP contribution in [-0.2, 0) is 6.54 Å². The van der Waals surface area contributed by atoms with E-state index in [4.69, 9.17) is 21.1 Å². The van der Waals surface area contributed by atoms with Gasteiger partial charge in [-0.15, -0.1) is 0 Å². The van der Waals surface area contributed by atoms with Crippen molar-refractivity contribution in [2.45, 2.75) is 6.54 Å². The lowest BCUT2D eigenvalue weighted by molar-refractivity contribution is 0.102. The van der Waals surface area contributed by atoms with Gasteiger partial charge < -0.3 is 20.1 Å². The number of anilines is 2. The second-order valence-corrected chi connectivity index (χ2v) is 6.23. The number of aromatic nitrogens is 2. The zero-order valence-corrected chi connectivity index (χ0v) is 16.2. The third-order valence-corrected chi connectivity index (χ3v) is 4.17. The molecule has 2 N–H and O–H groups in total. The first-order valence-corrected chi connectivity index (χ1v) is 8.80. The Morgan fingerprint density at radius 3 is 2.39 bits per heavy atom. The van der Waals surface area contributed by atoms with Crippen molar-refractivity contribution < 1.29 is 14.3 Å². The van der Waals surface area contributed by atoms with Gasteiger partial charge in [0.05, 0.1) is 25.5 Å². The largest absolute Gasteiger partial charge is 0.497 e. The van der Waals surface area contributed by atoms with Crippen molar-refractivity contribution in [1.29, 1.82) is 0 Å². The highest BCUT2D eigenvalue weighted by Gasteiger charge is 2.11. The molecule has 0 aliphatic carbocycles. The molecule has 0 atom stereocenters. The summed E-state index contributed by atoms with van der Waals surface area (Å²) in [7, 11) is 3.15. The summed E-state index contributed by atoms with van der Waals surface area (Å²) in [6, 6.07) is 12.6. The molecule has 3 rings (SSSR count). The van der Waals surface area contributed by atoms with Gasteiger partial charge in [-0.2, -0.15) is 0 Å². The maximum atomic E-state index is 12.4. The molecule has 0 radical (unpaired) electrons. The first kappa shape index (κ1) is 19.4. The number of rotatable bonds is 7.